The monoisotopic (exact) mass is 371 g/mol. The van der Waals surface area contributed by atoms with Gasteiger partial charge in [-0.15, -0.1) is 0 Å². The van der Waals surface area contributed by atoms with Crippen LogP contribution >= 0.6 is 0 Å². The van der Waals surface area contributed by atoms with Crippen molar-refractivity contribution in [1.82, 2.24) is 4.90 Å². The van der Waals surface area contributed by atoms with Crippen LogP contribution in [0.3, 0.4) is 0 Å². The fraction of sp³-hybridized carbons (Fsp3) is 0.708. The number of hydrogen-bond donors (Lipinski definition) is 0. The number of ketones is 1. The molecule has 3 heteroatoms. The summed E-state index contributed by atoms with van der Waals surface area (Å²) in [5.74, 6) is 0.276. The smallest absolute Gasteiger partial charge is 0.162 e. The Labute approximate surface area is 165 Å². The second-order valence-corrected chi connectivity index (χ2v) is 9.71. The van der Waals surface area contributed by atoms with E-state index in [0.29, 0.717) is 17.9 Å². The third-order valence-electron chi connectivity index (χ3n) is 6.75. The summed E-state index contributed by atoms with van der Waals surface area (Å²) in [6.07, 6.45) is 8.43. The van der Waals surface area contributed by atoms with Crippen molar-refractivity contribution in [2.45, 2.75) is 77.2 Å². The number of rotatable bonds is 6. The van der Waals surface area contributed by atoms with E-state index < -0.39 is 0 Å². The first-order valence-corrected chi connectivity index (χ1v) is 10.7. The summed E-state index contributed by atoms with van der Waals surface area (Å²) in [4.78, 5) is 15.1. The minimum Gasteiger partial charge on any atom is -0.381 e. The molecule has 0 N–H and O–H groups in total. The Hall–Kier alpha value is -1.19. The van der Waals surface area contributed by atoms with Gasteiger partial charge in [-0.3, -0.25) is 4.79 Å². The number of piperidine rings is 1. The number of Topliss-reactive ketones (excluding diaryl/α,β-unsaturated/α-hetero) is 1. The maximum atomic E-state index is 12.6. The van der Waals surface area contributed by atoms with Crippen LogP contribution in [0.15, 0.2) is 24.3 Å². The molecule has 27 heavy (non-hydrogen) atoms. The predicted octanol–water partition coefficient (Wildman–Crippen LogP) is 5.23. The molecule has 1 aliphatic carbocycles. The lowest BCUT2D eigenvalue weighted by molar-refractivity contribution is -0.0348. The summed E-state index contributed by atoms with van der Waals surface area (Å²) in [6, 6.07) is 8.21. The zero-order valence-corrected chi connectivity index (χ0v) is 17.7. The zero-order valence-electron chi connectivity index (χ0n) is 17.7. The van der Waals surface area contributed by atoms with Crippen LogP contribution in [-0.4, -0.2) is 43.5 Å². The largest absolute Gasteiger partial charge is 0.381 e. The fourth-order valence-electron chi connectivity index (χ4n) is 5.15. The lowest BCUT2D eigenvalue weighted by atomic mass is 9.76. The van der Waals surface area contributed by atoms with Gasteiger partial charge in [0.25, 0.3) is 0 Å². The van der Waals surface area contributed by atoms with E-state index >= 15 is 0 Å². The van der Waals surface area contributed by atoms with Crippen LogP contribution in [0.4, 0.5) is 0 Å². The van der Waals surface area contributed by atoms with Crippen LogP contribution in [0.5, 0.6) is 0 Å². The number of likely N-dealkylation sites (tertiary alicyclic amines) is 1. The summed E-state index contributed by atoms with van der Waals surface area (Å²) in [7, 11) is 1.88. The van der Waals surface area contributed by atoms with Gasteiger partial charge in [-0.25, -0.2) is 0 Å². The van der Waals surface area contributed by atoms with Crippen LogP contribution in [0.25, 0.3) is 0 Å². The summed E-state index contributed by atoms with van der Waals surface area (Å²) < 4.78 is 5.81. The Morgan fingerprint density at radius 1 is 1.19 bits per heavy atom. The van der Waals surface area contributed by atoms with Crippen molar-refractivity contribution >= 4 is 5.78 Å². The maximum Gasteiger partial charge on any atom is 0.162 e. The summed E-state index contributed by atoms with van der Waals surface area (Å²) in [6.45, 7) is 9.96. The van der Waals surface area contributed by atoms with Crippen molar-refractivity contribution in [1.29, 1.82) is 0 Å². The Morgan fingerprint density at radius 2 is 1.89 bits per heavy atom. The van der Waals surface area contributed by atoms with Gasteiger partial charge in [-0.05, 0) is 56.2 Å². The molecule has 1 saturated heterocycles. The van der Waals surface area contributed by atoms with Gasteiger partial charge in [0.05, 0.1) is 6.10 Å². The Bertz CT molecular complexity index is 631. The van der Waals surface area contributed by atoms with Crippen molar-refractivity contribution in [3.63, 3.8) is 0 Å². The van der Waals surface area contributed by atoms with Gasteiger partial charge in [0.2, 0.25) is 0 Å². The lowest BCUT2D eigenvalue weighted by Gasteiger charge is -2.43. The van der Waals surface area contributed by atoms with E-state index in [0.717, 1.165) is 25.1 Å². The number of carbonyl (C=O) groups excluding carboxylic acids is 1. The Balaban J connectivity index is 1.48. The number of carbonyl (C=O) groups is 1. The van der Waals surface area contributed by atoms with Crippen LogP contribution in [0.1, 0.15) is 81.6 Å². The molecule has 2 atom stereocenters. The van der Waals surface area contributed by atoms with Gasteiger partial charge in [0.15, 0.2) is 5.78 Å². The Morgan fingerprint density at radius 3 is 2.56 bits per heavy atom. The standard InChI is InChI=1S/C24H37NO2/c1-23(2,3)20-12-10-19(11-13-20)21(26)8-6-16-25-17-7-15-24(18-25)14-5-9-22(24)27-4/h10-13,22H,5-9,14-18H2,1-4H3/t22-,24-/m1/s1. The molecule has 2 fully saturated rings. The quantitative estimate of drug-likeness (QED) is 0.641. The second-order valence-electron chi connectivity index (χ2n) is 9.71. The highest BCUT2D eigenvalue weighted by Crippen LogP contribution is 2.46. The lowest BCUT2D eigenvalue weighted by Crippen LogP contribution is -2.48. The van der Waals surface area contributed by atoms with Crippen LogP contribution in [-0.2, 0) is 10.2 Å². The van der Waals surface area contributed by atoms with Gasteiger partial charge in [-0.2, -0.15) is 0 Å². The third-order valence-corrected chi connectivity index (χ3v) is 6.75. The minimum absolute atomic E-state index is 0.131. The molecule has 1 aromatic rings. The molecule has 0 radical (unpaired) electrons. The van der Waals surface area contributed by atoms with E-state index in [-0.39, 0.29) is 11.2 Å². The molecular weight excluding hydrogens is 334 g/mol. The molecule has 1 heterocycles. The number of hydrogen-bond acceptors (Lipinski definition) is 3. The van der Waals surface area contributed by atoms with Crippen molar-refractivity contribution in [3.8, 4) is 0 Å². The molecule has 2 aliphatic rings. The molecule has 0 amide bonds. The summed E-state index contributed by atoms with van der Waals surface area (Å²) in [5.41, 5.74) is 2.64. The number of ether oxygens (including phenoxy) is 1. The van der Waals surface area contributed by atoms with Crippen LogP contribution < -0.4 is 0 Å². The Kier molecular flexibility index (Phi) is 6.43. The van der Waals surface area contributed by atoms with Gasteiger partial charge < -0.3 is 9.64 Å². The summed E-state index contributed by atoms with van der Waals surface area (Å²) in [5, 5.41) is 0. The van der Waals surface area contributed by atoms with Gasteiger partial charge in [0, 0.05) is 31.1 Å². The molecular formula is C24H37NO2. The topological polar surface area (TPSA) is 29.5 Å². The van der Waals surface area contributed by atoms with Crippen LogP contribution in [0, 0.1) is 5.41 Å². The van der Waals surface area contributed by atoms with Crippen molar-refractivity contribution in [3.05, 3.63) is 35.4 Å². The second kappa shape index (κ2) is 8.45. The van der Waals surface area contributed by atoms with E-state index in [1.807, 2.05) is 19.2 Å². The highest BCUT2D eigenvalue weighted by Gasteiger charge is 2.45. The van der Waals surface area contributed by atoms with E-state index in [2.05, 4.69) is 37.8 Å². The first-order valence-electron chi connectivity index (χ1n) is 10.7. The molecule has 150 valence electrons. The molecule has 1 saturated carbocycles. The van der Waals surface area contributed by atoms with Crippen molar-refractivity contribution < 1.29 is 9.53 Å². The highest BCUT2D eigenvalue weighted by molar-refractivity contribution is 5.96. The SMILES string of the molecule is CO[C@@H]1CCC[C@]12CCCN(CCCC(=O)c1ccc(C(C)(C)C)cc1)C2. The van der Waals surface area contributed by atoms with Crippen molar-refractivity contribution in [2.24, 2.45) is 5.41 Å². The molecule has 3 nitrogen and oxygen atoms in total. The normalized spacial score (nSPS) is 26.6. The fourth-order valence-corrected chi connectivity index (χ4v) is 5.15. The van der Waals surface area contributed by atoms with E-state index in [1.165, 1.54) is 44.2 Å². The van der Waals surface area contributed by atoms with Crippen LogP contribution in [0.2, 0.25) is 0 Å². The van der Waals surface area contributed by atoms with Gasteiger partial charge >= 0.3 is 0 Å². The first kappa shape index (κ1) is 20.5. The molecule has 1 aliphatic heterocycles. The minimum atomic E-state index is 0.131. The molecule has 3 rings (SSSR count). The maximum absolute atomic E-state index is 12.6. The molecule has 0 unspecified atom stereocenters. The third kappa shape index (κ3) is 4.81. The van der Waals surface area contributed by atoms with E-state index in [1.54, 1.807) is 0 Å². The zero-order chi connectivity index (χ0) is 19.5. The molecule has 1 spiro atoms. The first-order chi connectivity index (χ1) is 12.8. The van der Waals surface area contributed by atoms with E-state index in [4.69, 9.17) is 4.74 Å². The average Bonchev–Trinajstić information content (AvgIpc) is 3.02. The number of benzene rings is 1. The molecule has 1 aromatic carbocycles. The van der Waals surface area contributed by atoms with Gasteiger partial charge in [-0.1, -0.05) is 51.5 Å². The number of methoxy groups -OCH3 is 1. The van der Waals surface area contributed by atoms with E-state index in [9.17, 15) is 4.79 Å². The highest BCUT2D eigenvalue weighted by atomic mass is 16.5. The predicted molar refractivity (Wildman–Crippen MR) is 111 cm³/mol. The van der Waals surface area contributed by atoms with Crippen molar-refractivity contribution in [2.75, 3.05) is 26.7 Å². The molecule has 0 aromatic heterocycles. The number of nitrogens with zero attached hydrogens (tertiary/aromatic N) is 1. The van der Waals surface area contributed by atoms with Gasteiger partial charge in [0.1, 0.15) is 0 Å². The molecule has 0 bridgehead atoms. The summed E-state index contributed by atoms with van der Waals surface area (Å²) >= 11 is 0. The average molecular weight is 372 g/mol.